The van der Waals surface area contributed by atoms with Gasteiger partial charge in [-0.15, -0.1) is 6.58 Å². The maximum Gasteiger partial charge on any atom is 0.328 e. The first-order valence-corrected chi connectivity index (χ1v) is 7.76. The van der Waals surface area contributed by atoms with Crippen molar-refractivity contribution in [2.75, 3.05) is 31.3 Å². The fraction of sp³-hybridized carbons (Fsp3) is 0.353. The first kappa shape index (κ1) is 18.5. The van der Waals surface area contributed by atoms with Gasteiger partial charge in [0.25, 0.3) is 5.91 Å². The number of hydrogen-bond acceptors (Lipinski definition) is 5. The van der Waals surface area contributed by atoms with Crippen LogP contribution in [-0.2, 0) is 19.1 Å². The second-order valence-electron chi connectivity index (χ2n) is 5.34. The minimum Gasteiger partial charge on any atom is -0.482 e. The van der Waals surface area contributed by atoms with Crippen LogP contribution in [0.3, 0.4) is 0 Å². The van der Waals surface area contributed by atoms with Crippen molar-refractivity contribution in [1.82, 2.24) is 5.32 Å². The lowest BCUT2D eigenvalue weighted by Gasteiger charge is -2.29. The third-order valence-electron chi connectivity index (χ3n) is 3.52. The molecule has 0 radical (unpaired) electrons. The van der Waals surface area contributed by atoms with Crippen molar-refractivity contribution >= 4 is 23.5 Å². The van der Waals surface area contributed by atoms with Gasteiger partial charge in [-0.05, 0) is 12.1 Å². The molecular formula is C17H20N2O6. The Morgan fingerprint density at radius 2 is 2.20 bits per heavy atom. The summed E-state index contributed by atoms with van der Waals surface area (Å²) in [6.07, 6.45) is 1.45. The number of hydrogen-bond donors (Lipinski definition) is 2. The number of aliphatic carboxylic acids is 1. The van der Waals surface area contributed by atoms with Gasteiger partial charge < -0.3 is 24.8 Å². The van der Waals surface area contributed by atoms with Gasteiger partial charge in [0.05, 0.1) is 18.9 Å². The summed E-state index contributed by atoms with van der Waals surface area (Å²) in [6, 6.07) is 5.88. The van der Waals surface area contributed by atoms with Gasteiger partial charge in [0, 0.05) is 13.0 Å². The lowest BCUT2D eigenvalue weighted by Crippen LogP contribution is -2.46. The number of carboxylic acids is 1. The van der Waals surface area contributed by atoms with Crippen molar-refractivity contribution in [1.29, 1.82) is 0 Å². The van der Waals surface area contributed by atoms with Crippen LogP contribution in [0.4, 0.5) is 5.69 Å². The van der Waals surface area contributed by atoms with Crippen LogP contribution in [0, 0.1) is 0 Å². The topological polar surface area (TPSA) is 105 Å². The minimum absolute atomic E-state index is 0.0364. The molecule has 0 aliphatic carbocycles. The molecule has 1 atom stereocenters. The quantitative estimate of drug-likeness (QED) is 0.499. The Morgan fingerprint density at radius 3 is 2.92 bits per heavy atom. The molecule has 1 heterocycles. The summed E-state index contributed by atoms with van der Waals surface area (Å²) in [5.74, 6) is -1.35. The first-order chi connectivity index (χ1) is 12.0. The van der Waals surface area contributed by atoms with E-state index in [2.05, 4.69) is 11.9 Å². The fourth-order valence-corrected chi connectivity index (χ4v) is 2.32. The molecule has 0 spiro atoms. The normalized spacial score (nSPS) is 14.2. The predicted molar refractivity (Wildman–Crippen MR) is 89.5 cm³/mol. The highest BCUT2D eigenvalue weighted by Gasteiger charge is 2.26. The number of carbonyl (C=O) groups is 3. The van der Waals surface area contributed by atoms with Crippen LogP contribution >= 0.6 is 0 Å². The summed E-state index contributed by atoms with van der Waals surface area (Å²) >= 11 is 0. The zero-order valence-electron chi connectivity index (χ0n) is 13.6. The third kappa shape index (κ3) is 5.05. The van der Waals surface area contributed by atoms with E-state index in [9.17, 15) is 14.4 Å². The first-order valence-electron chi connectivity index (χ1n) is 7.76. The molecule has 0 saturated heterocycles. The largest absolute Gasteiger partial charge is 0.482 e. The smallest absolute Gasteiger partial charge is 0.328 e. The van der Waals surface area contributed by atoms with E-state index in [-0.39, 0.29) is 38.7 Å². The molecule has 1 aliphatic heterocycles. The van der Waals surface area contributed by atoms with Crippen molar-refractivity contribution in [3.63, 3.8) is 0 Å². The van der Waals surface area contributed by atoms with Crippen molar-refractivity contribution < 1.29 is 29.0 Å². The molecule has 1 aliphatic rings. The molecule has 8 heteroatoms. The number of benzene rings is 1. The monoisotopic (exact) mass is 348 g/mol. The Bertz CT molecular complexity index is 660. The molecule has 134 valence electrons. The Kier molecular flexibility index (Phi) is 6.53. The highest BCUT2D eigenvalue weighted by molar-refractivity contribution is 5.98. The molecule has 1 aromatic rings. The molecule has 25 heavy (non-hydrogen) atoms. The third-order valence-corrected chi connectivity index (χ3v) is 3.52. The van der Waals surface area contributed by atoms with Crippen molar-refractivity contribution in [3.8, 4) is 5.75 Å². The van der Waals surface area contributed by atoms with Gasteiger partial charge in [0.1, 0.15) is 5.75 Å². The number of ether oxygens (including phenoxy) is 2. The predicted octanol–water partition coefficient (Wildman–Crippen LogP) is 0.574. The average molecular weight is 348 g/mol. The summed E-state index contributed by atoms with van der Waals surface area (Å²) in [5.41, 5.74) is 0.593. The lowest BCUT2D eigenvalue weighted by atomic mass is 10.2. The van der Waals surface area contributed by atoms with E-state index in [4.69, 9.17) is 14.6 Å². The van der Waals surface area contributed by atoms with Crippen LogP contribution in [-0.4, -0.2) is 55.3 Å². The molecule has 0 aromatic heterocycles. The average Bonchev–Trinajstić information content (AvgIpc) is 2.60. The summed E-state index contributed by atoms with van der Waals surface area (Å²) in [7, 11) is 0. The molecule has 0 saturated carbocycles. The van der Waals surface area contributed by atoms with Crippen molar-refractivity contribution in [3.05, 3.63) is 36.9 Å². The summed E-state index contributed by atoms with van der Waals surface area (Å²) in [6.45, 7) is 3.53. The molecule has 8 nitrogen and oxygen atoms in total. The summed E-state index contributed by atoms with van der Waals surface area (Å²) in [4.78, 5) is 36.7. The maximum atomic E-state index is 12.0. The Morgan fingerprint density at radius 1 is 1.44 bits per heavy atom. The van der Waals surface area contributed by atoms with Crippen LogP contribution in [0.15, 0.2) is 36.9 Å². The van der Waals surface area contributed by atoms with Crippen molar-refractivity contribution in [2.45, 2.75) is 12.5 Å². The van der Waals surface area contributed by atoms with E-state index in [1.807, 2.05) is 0 Å². The van der Waals surface area contributed by atoms with Crippen molar-refractivity contribution in [2.24, 2.45) is 0 Å². The summed E-state index contributed by atoms with van der Waals surface area (Å²) < 4.78 is 10.4. The van der Waals surface area contributed by atoms with Gasteiger partial charge in [-0.1, -0.05) is 18.2 Å². The summed E-state index contributed by atoms with van der Waals surface area (Å²) in [5, 5.41) is 11.5. The zero-order valence-corrected chi connectivity index (χ0v) is 13.6. The van der Waals surface area contributed by atoms with Crippen LogP contribution in [0.5, 0.6) is 5.75 Å². The number of para-hydroxylation sites is 2. The number of fused-ring (bicyclic) bond motifs is 1. The van der Waals surface area contributed by atoms with Gasteiger partial charge in [-0.2, -0.15) is 0 Å². The number of anilines is 1. The van der Waals surface area contributed by atoms with Gasteiger partial charge in [0.2, 0.25) is 5.91 Å². The highest BCUT2D eigenvalue weighted by atomic mass is 16.5. The van der Waals surface area contributed by atoms with E-state index in [1.165, 1.54) is 11.0 Å². The fourth-order valence-electron chi connectivity index (χ4n) is 2.32. The van der Waals surface area contributed by atoms with Gasteiger partial charge in [-0.25, -0.2) is 4.79 Å². The van der Waals surface area contributed by atoms with Crippen LogP contribution in [0.2, 0.25) is 0 Å². The van der Waals surface area contributed by atoms with E-state index in [0.717, 1.165) is 0 Å². The lowest BCUT2D eigenvalue weighted by molar-refractivity contribution is -0.143. The molecule has 1 unspecified atom stereocenters. The van der Waals surface area contributed by atoms with Gasteiger partial charge in [0.15, 0.2) is 12.6 Å². The molecule has 0 bridgehead atoms. The maximum absolute atomic E-state index is 12.0. The Labute approximate surface area is 145 Å². The zero-order chi connectivity index (χ0) is 18.2. The Balaban J connectivity index is 1.91. The van der Waals surface area contributed by atoms with Gasteiger partial charge in [-0.3, -0.25) is 9.59 Å². The number of carboxylic acid groups (broad SMARTS) is 1. The molecule has 0 fully saturated rings. The molecule has 2 amide bonds. The van der Waals surface area contributed by atoms with Crippen LogP contribution in [0.25, 0.3) is 0 Å². The number of nitrogens with one attached hydrogen (secondary N) is 1. The van der Waals surface area contributed by atoms with Gasteiger partial charge >= 0.3 is 5.97 Å². The van der Waals surface area contributed by atoms with E-state index in [0.29, 0.717) is 11.4 Å². The molecule has 2 N–H and O–H groups in total. The van der Waals surface area contributed by atoms with Crippen LogP contribution < -0.4 is 15.0 Å². The number of nitrogens with zero attached hydrogens (tertiary/aromatic N) is 1. The highest BCUT2D eigenvalue weighted by Crippen LogP contribution is 2.31. The number of rotatable bonds is 9. The van der Waals surface area contributed by atoms with E-state index in [1.54, 1.807) is 24.3 Å². The Hall–Kier alpha value is -2.87. The van der Waals surface area contributed by atoms with E-state index < -0.39 is 17.9 Å². The molecular weight excluding hydrogens is 328 g/mol. The standard InChI is InChI=1S/C17H20N2O6/c1-2-9-24-10-12(17(22)23)18-15(20)7-8-19-13-5-3-4-6-14(13)25-11-16(19)21/h2-6,12H,1,7-11H2,(H,18,20)(H,22,23). The second kappa shape index (κ2) is 8.84. The molecule has 2 rings (SSSR count). The van der Waals surface area contributed by atoms with E-state index >= 15 is 0 Å². The second-order valence-corrected chi connectivity index (χ2v) is 5.34. The molecule has 1 aromatic carbocycles. The minimum atomic E-state index is -1.19. The number of carbonyl (C=O) groups excluding carboxylic acids is 2. The number of amides is 2. The van der Waals surface area contributed by atoms with Crippen LogP contribution in [0.1, 0.15) is 6.42 Å². The SMILES string of the molecule is C=CCOCC(NC(=O)CCN1C(=O)COc2ccccc21)C(=O)O.